The van der Waals surface area contributed by atoms with Gasteiger partial charge in [-0.15, -0.1) is 35.3 Å². The van der Waals surface area contributed by atoms with Gasteiger partial charge in [-0.2, -0.15) is 0 Å². The van der Waals surface area contributed by atoms with Gasteiger partial charge >= 0.3 is 0 Å². The number of aryl methyl sites for hydroxylation is 2. The lowest BCUT2D eigenvalue weighted by atomic mass is 10.3. The van der Waals surface area contributed by atoms with Gasteiger partial charge in [0.15, 0.2) is 5.96 Å². The number of aromatic nitrogens is 2. The van der Waals surface area contributed by atoms with E-state index in [1.54, 1.807) is 17.6 Å². The van der Waals surface area contributed by atoms with Crippen molar-refractivity contribution >= 4 is 41.3 Å². The first-order chi connectivity index (χ1) is 12.2. The van der Waals surface area contributed by atoms with Crippen molar-refractivity contribution in [1.82, 2.24) is 25.3 Å². The van der Waals surface area contributed by atoms with E-state index in [9.17, 15) is 0 Å². The molecule has 1 aliphatic rings. The van der Waals surface area contributed by atoms with E-state index in [4.69, 9.17) is 4.52 Å². The molecule has 0 aromatic carbocycles. The number of rotatable bonds is 6. The van der Waals surface area contributed by atoms with Crippen LogP contribution in [0.1, 0.15) is 22.8 Å². The van der Waals surface area contributed by atoms with Crippen molar-refractivity contribution in [3.8, 4) is 0 Å². The van der Waals surface area contributed by atoms with E-state index < -0.39 is 0 Å². The predicted octanol–water partition coefficient (Wildman–Crippen LogP) is 2.38. The van der Waals surface area contributed by atoms with Gasteiger partial charge in [0, 0.05) is 69.9 Å². The number of halogens is 1. The van der Waals surface area contributed by atoms with Gasteiger partial charge in [-0.1, -0.05) is 5.16 Å². The predicted molar refractivity (Wildman–Crippen MR) is 115 cm³/mol. The minimum atomic E-state index is 0. The fourth-order valence-corrected chi connectivity index (χ4v) is 3.77. The molecule has 2 aromatic rings. The molecule has 2 aromatic heterocycles. The van der Waals surface area contributed by atoms with Gasteiger partial charge in [0.2, 0.25) is 0 Å². The molecule has 3 rings (SSSR count). The molecular formula is C17H27IN6OS. The van der Waals surface area contributed by atoms with E-state index in [0.717, 1.165) is 69.5 Å². The zero-order valence-electron chi connectivity index (χ0n) is 15.3. The third kappa shape index (κ3) is 6.20. The van der Waals surface area contributed by atoms with Crippen molar-refractivity contribution < 1.29 is 4.52 Å². The van der Waals surface area contributed by atoms with E-state index in [1.165, 1.54) is 5.01 Å². The Bertz CT molecular complexity index is 667. The van der Waals surface area contributed by atoms with E-state index in [1.807, 2.05) is 20.0 Å². The van der Waals surface area contributed by atoms with Crippen molar-refractivity contribution in [2.75, 3.05) is 39.8 Å². The zero-order valence-corrected chi connectivity index (χ0v) is 18.5. The van der Waals surface area contributed by atoms with Gasteiger partial charge < -0.3 is 14.7 Å². The number of nitrogens with zero attached hydrogens (tertiary/aromatic N) is 5. The largest absolute Gasteiger partial charge is 0.364 e. The molecule has 0 aliphatic carbocycles. The summed E-state index contributed by atoms with van der Waals surface area (Å²) in [5, 5.41) is 10.8. The molecule has 1 N–H and O–H groups in total. The SMILES string of the molecule is CN=C(NCCCc1nc(C)cs1)N1CCN(Cc2ccon2)CC1.I. The molecule has 0 radical (unpaired) electrons. The maximum atomic E-state index is 4.90. The number of piperazine rings is 1. The number of nitrogens with one attached hydrogen (secondary N) is 1. The number of guanidine groups is 1. The Hall–Kier alpha value is -1.20. The minimum absolute atomic E-state index is 0. The topological polar surface area (TPSA) is 69.8 Å². The van der Waals surface area contributed by atoms with Crippen LogP contribution in [0.3, 0.4) is 0 Å². The minimum Gasteiger partial charge on any atom is -0.364 e. The van der Waals surface area contributed by atoms with E-state index in [2.05, 4.69) is 35.6 Å². The zero-order chi connectivity index (χ0) is 17.5. The summed E-state index contributed by atoms with van der Waals surface area (Å²) in [6.45, 7) is 7.78. The number of hydrogen-bond acceptors (Lipinski definition) is 6. The van der Waals surface area contributed by atoms with E-state index >= 15 is 0 Å². The lowest BCUT2D eigenvalue weighted by molar-refractivity contribution is 0.169. The van der Waals surface area contributed by atoms with Gasteiger partial charge in [-0.25, -0.2) is 4.98 Å². The standard InChI is InChI=1S/C17H26N6OS.HI/c1-14-13-25-16(20-14)4-3-6-19-17(18-2)23-9-7-22(8-10-23)12-15-5-11-24-21-15;/h5,11,13H,3-4,6-10,12H2,1-2H3,(H,18,19);1H. The summed E-state index contributed by atoms with van der Waals surface area (Å²) in [6.07, 6.45) is 3.72. The molecule has 0 amide bonds. The Kier molecular flexibility index (Phi) is 8.79. The highest BCUT2D eigenvalue weighted by atomic mass is 127. The Labute approximate surface area is 175 Å². The fraction of sp³-hybridized carbons (Fsp3) is 0.588. The second-order valence-electron chi connectivity index (χ2n) is 6.21. The van der Waals surface area contributed by atoms with E-state index in [0.29, 0.717) is 0 Å². The first-order valence-corrected chi connectivity index (χ1v) is 9.61. The van der Waals surface area contributed by atoms with Crippen LogP contribution in [0.2, 0.25) is 0 Å². The molecule has 0 atom stereocenters. The molecule has 1 fully saturated rings. The van der Waals surface area contributed by atoms with Crippen LogP contribution in [-0.4, -0.2) is 65.7 Å². The summed E-state index contributed by atoms with van der Waals surface area (Å²) in [5.41, 5.74) is 2.11. The van der Waals surface area contributed by atoms with Gasteiger partial charge in [0.25, 0.3) is 0 Å². The summed E-state index contributed by atoms with van der Waals surface area (Å²) in [6, 6.07) is 1.93. The van der Waals surface area contributed by atoms with Crippen LogP contribution in [0, 0.1) is 6.92 Å². The summed E-state index contributed by atoms with van der Waals surface area (Å²) in [4.78, 5) is 13.7. The highest BCUT2D eigenvalue weighted by molar-refractivity contribution is 14.0. The van der Waals surface area contributed by atoms with Crippen molar-refractivity contribution in [1.29, 1.82) is 0 Å². The van der Waals surface area contributed by atoms with Crippen LogP contribution in [0.15, 0.2) is 27.2 Å². The van der Waals surface area contributed by atoms with Gasteiger partial charge in [-0.3, -0.25) is 9.89 Å². The van der Waals surface area contributed by atoms with Crippen molar-refractivity contribution in [2.45, 2.75) is 26.3 Å². The quantitative estimate of drug-likeness (QED) is 0.290. The first kappa shape index (κ1) is 21.1. The highest BCUT2D eigenvalue weighted by Gasteiger charge is 2.20. The maximum Gasteiger partial charge on any atom is 0.193 e. The van der Waals surface area contributed by atoms with Crippen LogP contribution in [-0.2, 0) is 13.0 Å². The normalized spacial score (nSPS) is 15.8. The number of aliphatic imine (C=N–C) groups is 1. The van der Waals surface area contributed by atoms with Crippen molar-refractivity contribution in [3.05, 3.63) is 34.1 Å². The molecule has 0 unspecified atom stereocenters. The van der Waals surface area contributed by atoms with Crippen LogP contribution in [0.5, 0.6) is 0 Å². The molecule has 7 nitrogen and oxygen atoms in total. The van der Waals surface area contributed by atoms with Crippen LogP contribution in [0.4, 0.5) is 0 Å². The number of hydrogen-bond donors (Lipinski definition) is 1. The number of thiazole rings is 1. The lowest BCUT2D eigenvalue weighted by Crippen LogP contribution is -2.52. The lowest BCUT2D eigenvalue weighted by Gasteiger charge is -2.36. The molecular weight excluding hydrogens is 463 g/mol. The highest BCUT2D eigenvalue weighted by Crippen LogP contribution is 2.10. The Morgan fingerprint density at radius 1 is 1.35 bits per heavy atom. The first-order valence-electron chi connectivity index (χ1n) is 8.73. The smallest absolute Gasteiger partial charge is 0.193 e. The average Bonchev–Trinajstić information content (AvgIpc) is 3.28. The summed E-state index contributed by atoms with van der Waals surface area (Å²) < 4.78 is 4.90. The molecule has 144 valence electrons. The summed E-state index contributed by atoms with van der Waals surface area (Å²) in [5.74, 6) is 0.997. The van der Waals surface area contributed by atoms with Crippen molar-refractivity contribution in [2.24, 2.45) is 4.99 Å². The summed E-state index contributed by atoms with van der Waals surface area (Å²) in [7, 11) is 1.86. The van der Waals surface area contributed by atoms with E-state index in [-0.39, 0.29) is 24.0 Å². The average molecular weight is 490 g/mol. The molecule has 9 heteroatoms. The van der Waals surface area contributed by atoms with Crippen molar-refractivity contribution in [3.63, 3.8) is 0 Å². The molecule has 0 bridgehead atoms. The third-order valence-electron chi connectivity index (χ3n) is 4.28. The molecule has 1 aliphatic heterocycles. The third-order valence-corrected chi connectivity index (χ3v) is 5.30. The van der Waals surface area contributed by atoms with Gasteiger partial charge in [0.1, 0.15) is 6.26 Å². The van der Waals surface area contributed by atoms with Crippen LogP contribution in [0.25, 0.3) is 0 Å². The second-order valence-corrected chi connectivity index (χ2v) is 7.16. The van der Waals surface area contributed by atoms with Crippen LogP contribution >= 0.6 is 35.3 Å². The molecule has 26 heavy (non-hydrogen) atoms. The Morgan fingerprint density at radius 3 is 2.77 bits per heavy atom. The van der Waals surface area contributed by atoms with Crippen LogP contribution < -0.4 is 5.32 Å². The molecule has 3 heterocycles. The molecule has 0 spiro atoms. The molecule has 0 saturated carbocycles. The summed E-state index contributed by atoms with van der Waals surface area (Å²) >= 11 is 1.75. The monoisotopic (exact) mass is 490 g/mol. The fourth-order valence-electron chi connectivity index (χ4n) is 2.96. The van der Waals surface area contributed by atoms with Gasteiger partial charge in [-0.05, 0) is 13.3 Å². The molecule has 1 saturated heterocycles. The van der Waals surface area contributed by atoms with Gasteiger partial charge in [0.05, 0.1) is 10.7 Å². The Balaban J connectivity index is 0.00000243. The maximum absolute atomic E-state index is 4.90. The Morgan fingerprint density at radius 2 is 2.15 bits per heavy atom. The second kappa shape index (κ2) is 10.8.